The van der Waals surface area contributed by atoms with E-state index in [9.17, 15) is 0 Å². The highest BCUT2D eigenvalue weighted by Crippen LogP contribution is 2.62. The monoisotopic (exact) mass is 1010 g/mol. The van der Waals surface area contributed by atoms with Gasteiger partial charge in [-0.05, 0) is 111 Å². The summed E-state index contributed by atoms with van der Waals surface area (Å²) >= 11 is 29.5. The van der Waals surface area contributed by atoms with E-state index in [2.05, 4.69) is 210 Å². The Morgan fingerprint density at radius 3 is 1.22 bits per heavy atom. The predicted molar refractivity (Wildman–Crippen MR) is 307 cm³/mol. The van der Waals surface area contributed by atoms with Crippen LogP contribution < -0.4 is 9.80 Å². The lowest BCUT2D eigenvalue weighted by atomic mass is 9.54. The van der Waals surface area contributed by atoms with Crippen LogP contribution in [0.1, 0.15) is 39.3 Å². The Morgan fingerprint density at radius 1 is 0.361 bits per heavy atom. The van der Waals surface area contributed by atoms with Crippen LogP contribution >= 0.6 is 46.4 Å². The molecule has 0 N–H and O–H groups in total. The minimum absolute atomic E-state index is 0.212. The summed E-state index contributed by atoms with van der Waals surface area (Å²) in [5.41, 5.74) is 13.1. The Hall–Kier alpha value is -7.04. The van der Waals surface area contributed by atoms with Gasteiger partial charge >= 0.3 is 0 Å². The molecule has 0 amide bonds. The van der Waals surface area contributed by atoms with Gasteiger partial charge in [0.25, 0.3) is 0 Å². The van der Waals surface area contributed by atoms with E-state index in [1.807, 2.05) is 85.0 Å². The van der Waals surface area contributed by atoms with Gasteiger partial charge in [0, 0.05) is 28.7 Å². The van der Waals surface area contributed by atoms with Crippen molar-refractivity contribution in [1.82, 2.24) is 0 Å². The number of hydrogen-bond acceptors (Lipinski definition) is 2. The van der Waals surface area contributed by atoms with E-state index in [0.717, 1.165) is 61.7 Å². The number of allylic oxidation sites excluding steroid dienone is 8. The maximum atomic E-state index is 7.67. The highest BCUT2D eigenvalue weighted by molar-refractivity contribution is 6.36. The zero-order chi connectivity index (χ0) is 49.1. The average molecular weight is 1010 g/mol. The second kappa shape index (κ2) is 20.2. The Balaban J connectivity index is 1.18. The summed E-state index contributed by atoms with van der Waals surface area (Å²) in [6.07, 6.45) is 18.2. The summed E-state index contributed by atoms with van der Waals surface area (Å²) in [4.78, 5) is 2.14. The van der Waals surface area contributed by atoms with Crippen LogP contribution in [0.4, 0.5) is 22.7 Å². The lowest BCUT2D eigenvalue weighted by Crippen LogP contribution is -2.47. The van der Waals surface area contributed by atoms with Crippen LogP contribution in [-0.4, -0.2) is 20.8 Å². The molecule has 0 aliphatic heterocycles. The van der Waals surface area contributed by atoms with Gasteiger partial charge in [-0.15, -0.1) is 23.2 Å². The van der Waals surface area contributed by atoms with Gasteiger partial charge in [-0.2, -0.15) is 0 Å². The number of hydrogen-bond donors (Lipinski definition) is 0. The Kier molecular flexibility index (Phi) is 13.3. The molecule has 3 aliphatic carbocycles. The van der Waals surface area contributed by atoms with E-state index in [0.29, 0.717) is 0 Å². The first-order valence-electron chi connectivity index (χ1n) is 24.3. The number of alkyl halides is 4. The zero-order valence-corrected chi connectivity index (χ0v) is 42.3. The van der Waals surface area contributed by atoms with Gasteiger partial charge in [-0.25, -0.2) is 0 Å². The lowest BCUT2D eigenvalue weighted by molar-refractivity contribution is 0.587. The van der Waals surface area contributed by atoms with Crippen LogP contribution in [0.3, 0.4) is 0 Å². The Bertz CT molecular complexity index is 3340. The van der Waals surface area contributed by atoms with Crippen molar-refractivity contribution in [2.45, 2.75) is 32.1 Å². The third-order valence-corrected chi connectivity index (χ3v) is 16.4. The summed E-state index contributed by atoms with van der Waals surface area (Å²) in [6.45, 7) is 0. The molecule has 6 heteroatoms. The van der Waals surface area contributed by atoms with Crippen molar-refractivity contribution in [1.29, 1.82) is 0 Å². The molecule has 72 heavy (non-hydrogen) atoms. The SMILES string of the molecule is ClC1C=CC=CC1(Cl)N(c1ccccc1)c1ccc(C2=CC(c3ccccc3)C(c3ccccc3)(c3ccc(N(c4ccccc4)C4(Cl)C=CC=CC4Cl)cc3)C(c3ccccc3)=C2c2ccccc2)cc1. The minimum Gasteiger partial charge on any atom is -0.317 e. The topological polar surface area (TPSA) is 6.48 Å². The van der Waals surface area contributed by atoms with Crippen molar-refractivity contribution in [3.8, 4) is 0 Å². The molecule has 0 bridgehead atoms. The lowest BCUT2D eigenvalue weighted by Gasteiger charge is -2.48. The number of halogens is 4. The summed E-state index contributed by atoms with van der Waals surface area (Å²) in [5.74, 6) is -0.212. The molecular weight excluding hydrogens is 963 g/mol. The van der Waals surface area contributed by atoms with E-state index < -0.39 is 26.2 Å². The number of anilines is 4. The molecule has 0 spiro atoms. The standard InChI is InChI=1S/C66H50Cl4N2/c67-60-35-19-21-45-64(60,69)71(54-31-15-5-16-32-54)56-41-37-48(38-42-56)58-47-59(49-23-7-1-8-24-49)66(52-29-13-4-14-30-52,63(51-27-11-3-12-28-51)62(58)50-25-9-2-10-26-50)53-39-43-57(44-40-53)72(55-33-17-6-18-34-55)65(70)46-22-20-36-61(65)68/h1-47,59-61H. The molecule has 8 aromatic rings. The van der Waals surface area contributed by atoms with Crippen LogP contribution in [0.5, 0.6) is 0 Å². The van der Waals surface area contributed by atoms with Gasteiger partial charge in [0.05, 0.1) is 16.2 Å². The highest BCUT2D eigenvalue weighted by Gasteiger charge is 2.50. The largest absolute Gasteiger partial charge is 0.317 e. The molecule has 3 aliphatic rings. The fourth-order valence-corrected chi connectivity index (χ4v) is 12.2. The van der Waals surface area contributed by atoms with E-state index in [1.54, 1.807) is 0 Å². The molecule has 8 aromatic carbocycles. The fraction of sp³-hybridized carbons (Fsp3) is 0.0909. The number of nitrogens with zero attached hydrogens (tertiary/aromatic N) is 2. The molecule has 0 saturated heterocycles. The van der Waals surface area contributed by atoms with E-state index in [1.165, 1.54) is 11.1 Å². The predicted octanol–water partition coefficient (Wildman–Crippen LogP) is 18.1. The Morgan fingerprint density at radius 2 is 0.750 bits per heavy atom. The van der Waals surface area contributed by atoms with Gasteiger partial charge in [0.1, 0.15) is 0 Å². The second-order valence-corrected chi connectivity index (χ2v) is 20.5. The maximum Gasteiger partial charge on any atom is 0.158 e. The van der Waals surface area contributed by atoms with Crippen molar-refractivity contribution in [3.63, 3.8) is 0 Å². The molecule has 0 aromatic heterocycles. The van der Waals surface area contributed by atoms with Crippen molar-refractivity contribution < 1.29 is 0 Å². The summed E-state index contributed by atoms with van der Waals surface area (Å²) in [5, 5.41) is -0.996. The maximum absolute atomic E-state index is 7.67. The second-order valence-electron chi connectivity index (χ2n) is 18.3. The van der Waals surface area contributed by atoms with Crippen LogP contribution in [0.15, 0.2) is 285 Å². The van der Waals surface area contributed by atoms with Crippen molar-refractivity contribution in [2.75, 3.05) is 9.80 Å². The fourth-order valence-electron chi connectivity index (χ4n) is 11.0. The summed E-state index contributed by atoms with van der Waals surface area (Å²) in [7, 11) is 0. The minimum atomic E-state index is -1.07. The van der Waals surface area contributed by atoms with Gasteiger partial charge < -0.3 is 9.80 Å². The summed E-state index contributed by atoms with van der Waals surface area (Å²) < 4.78 is 0. The van der Waals surface area contributed by atoms with Crippen LogP contribution in [0.2, 0.25) is 0 Å². The van der Waals surface area contributed by atoms with Crippen LogP contribution in [0.25, 0.3) is 16.7 Å². The van der Waals surface area contributed by atoms with Crippen molar-refractivity contribution >= 4 is 85.9 Å². The quantitative estimate of drug-likeness (QED) is 0.0889. The number of rotatable bonds is 12. The smallest absolute Gasteiger partial charge is 0.158 e. The third-order valence-electron chi connectivity index (χ3n) is 14.2. The van der Waals surface area contributed by atoms with E-state index >= 15 is 0 Å². The molecule has 11 rings (SSSR count). The molecule has 0 saturated carbocycles. The number of para-hydroxylation sites is 2. The summed E-state index contributed by atoms with van der Waals surface area (Å²) in [6, 6.07) is 82.1. The Labute approximate surface area is 443 Å². The van der Waals surface area contributed by atoms with Gasteiger partial charge in [0.15, 0.2) is 10.00 Å². The molecular formula is C66H50Cl4N2. The molecule has 352 valence electrons. The molecule has 6 atom stereocenters. The average Bonchev–Trinajstić information content (AvgIpc) is 3.44. The molecule has 0 radical (unpaired) electrons. The van der Waals surface area contributed by atoms with E-state index in [4.69, 9.17) is 46.4 Å². The van der Waals surface area contributed by atoms with Crippen molar-refractivity contribution in [2.24, 2.45) is 0 Å². The molecule has 0 heterocycles. The van der Waals surface area contributed by atoms with Gasteiger partial charge in [-0.3, -0.25) is 0 Å². The van der Waals surface area contributed by atoms with Crippen molar-refractivity contribution in [3.05, 3.63) is 319 Å². The molecule has 2 nitrogen and oxygen atoms in total. The van der Waals surface area contributed by atoms with E-state index in [-0.39, 0.29) is 5.92 Å². The van der Waals surface area contributed by atoms with Crippen LogP contribution in [0, 0.1) is 0 Å². The first kappa shape index (κ1) is 47.3. The zero-order valence-electron chi connectivity index (χ0n) is 39.3. The normalized spacial score (nSPS) is 23.4. The van der Waals surface area contributed by atoms with Gasteiger partial charge in [-0.1, -0.05) is 248 Å². The first-order chi connectivity index (χ1) is 35.3. The van der Waals surface area contributed by atoms with Gasteiger partial charge in [0.2, 0.25) is 0 Å². The first-order valence-corrected chi connectivity index (χ1v) is 25.9. The van der Waals surface area contributed by atoms with Crippen LogP contribution in [-0.2, 0) is 5.41 Å². The molecule has 0 fully saturated rings. The molecule has 6 unspecified atom stereocenters. The third kappa shape index (κ3) is 8.47. The highest BCUT2D eigenvalue weighted by atomic mass is 35.5. The number of benzene rings is 8.